The van der Waals surface area contributed by atoms with Gasteiger partial charge in [-0.05, 0) is 60.3 Å². The molecule has 4 aromatic rings. The smallest absolute Gasteiger partial charge is 0.258 e. The normalized spacial score (nSPS) is 10.8. The zero-order valence-corrected chi connectivity index (χ0v) is 15.9. The number of nitrogens with zero attached hydrogens (tertiary/aromatic N) is 1. The molecule has 0 atom stereocenters. The number of rotatable bonds is 4. The van der Waals surface area contributed by atoms with E-state index in [0.29, 0.717) is 16.8 Å². The highest BCUT2D eigenvalue weighted by molar-refractivity contribution is 6.06. The van der Waals surface area contributed by atoms with Gasteiger partial charge in [0, 0.05) is 16.8 Å². The van der Waals surface area contributed by atoms with Crippen molar-refractivity contribution < 1.29 is 9.18 Å². The molecule has 4 rings (SSSR count). The van der Waals surface area contributed by atoms with Gasteiger partial charge in [-0.25, -0.2) is 4.39 Å². The Morgan fingerprint density at radius 2 is 1.69 bits per heavy atom. The van der Waals surface area contributed by atoms with Gasteiger partial charge < -0.3 is 9.88 Å². The summed E-state index contributed by atoms with van der Waals surface area (Å²) in [7, 11) is 0. The topological polar surface area (TPSA) is 53.2 Å². The highest BCUT2D eigenvalue weighted by atomic mass is 19.1. The number of H-pyrrole nitrogens is 1. The van der Waals surface area contributed by atoms with Gasteiger partial charge in [0.2, 0.25) is 0 Å². The number of hydrogen-bond donors (Lipinski definition) is 1. The number of pyridine rings is 1. The minimum absolute atomic E-state index is 0.0967. The number of nitrogens with one attached hydrogen (secondary N) is 1. The Balaban J connectivity index is 1.77. The number of aryl methyl sites for hydroxylation is 1. The van der Waals surface area contributed by atoms with Crippen LogP contribution in [0.5, 0.6) is 0 Å². The third kappa shape index (κ3) is 3.80. The van der Waals surface area contributed by atoms with Gasteiger partial charge in [0.05, 0.1) is 12.1 Å². The number of fused-ring (bicyclic) bond motifs is 1. The molecule has 0 fully saturated rings. The van der Waals surface area contributed by atoms with Crippen LogP contribution >= 0.6 is 0 Å². The fraction of sp³-hybridized carbons (Fsp3) is 0.0833. The zero-order chi connectivity index (χ0) is 20.4. The van der Waals surface area contributed by atoms with E-state index in [-0.39, 0.29) is 18.0 Å². The lowest BCUT2D eigenvalue weighted by Crippen LogP contribution is -2.32. The Labute approximate surface area is 167 Å². The van der Waals surface area contributed by atoms with Crippen molar-refractivity contribution in [3.63, 3.8) is 0 Å². The number of amides is 1. The zero-order valence-electron chi connectivity index (χ0n) is 15.9. The molecule has 0 unspecified atom stereocenters. The van der Waals surface area contributed by atoms with Crippen molar-refractivity contribution in [1.82, 2.24) is 4.98 Å². The van der Waals surface area contributed by atoms with Crippen molar-refractivity contribution in [1.29, 1.82) is 0 Å². The van der Waals surface area contributed by atoms with Crippen molar-refractivity contribution in [2.75, 3.05) is 4.90 Å². The van der Waals surface area contributed by atoms with Gasteiger partial charge in [-0.1, -0.05) is 36.4 Å². The first-order valence-corrected chi connectivity index (χ1v) is 9.27. The predicted molar refractivity (Wildman–Crippen MR) is 113 cm³/mol. The second-order valence-electron chi connectivity index (χ2n) is 6.90. The molecule has 3 aromatic carbocycles. The van der Waals surface area contributed by atoms with Gasteiger partial charge in [0.25, 0.3) is 11.5 Å². The highest BCUT2D eigenvalue weighted by Gasteiger charge is 2.20. The average molecular weight is 386 g/mol. The number of anilines is 1. The maximum Gasteiger partial charge on any atom is 0.258 e. The largest absolute Gasteiger partial charge is 0.321 e. The summed E-state index contributed by atoms with van der Waals surface area (Å²) in [5, 5.41) is 0.904. The van der Waals surface area contributed by atoms with E-state index in [1.54, 1.807) is 12.1 Å². The van der Waals surface area contributed by atoms with Crippen molar-refractivity contribution >= 4 is 22.5 Å². The molecule has 0 spiro atoms. The Morgan fingerprint density at radius 3 is 2.41 bits per heavy atom. The molecule has 5 heteroatoms. The van der Waals surface area contributed by atoms with Crippen LogP contribution in [0.25, 0.3) is 10.9 Å². The van der Waals surface area contributed by atoms with E-state index in [1.165, 1.54) is 29.2 Å². The van der Waals surface area contributed by atoms with E-state index in [9.17, 15) is 14.0 Å². The lowest BCUT2D eigenvalue weighted by atomic mass is 10.1. The fourth-order valence-electron chi connectivity index (χ4n) is 3.35. The molecule has 1 amide bonds. The Morgan fingerprint density at radius 1 is 0.966 bits per heavy atom. The quantitative estimate of drug-likeness (QED) is 0.547. The van der Waals surface area contributed by atoms with Crippen LogP contribution in [0.15, 0.2) is 83.7 Å². The molecule has 29 heavy (non-hydrogen) atoms. The Kier molecular flexibility index (Phi) is 4.96. The van der Waals surface area contributed by atoms with E-state index in [1.807, 2.05) is 49.4 Å². The second-order valence-corrected chi connectivity index (χ2v) is 6.90. The first-order chi connectivity index (χ1) is 14.0. The lowest BCUT2D eigenvalue weighted by Gasteiger charge is -2.23. The predicted octanol–water partition coefficient (Wildman–Crippen LogP) is 4.82. The summed E-state index contributed by atoms with van der Waals surface area (Å²) in [6, 6.07) is 22.1. The van der Waals surface area contributed by atoms with Gasteiger partial charge in [0.15, 0.2) is 0 Å². The average Bonchev–Trinajstić information content (AvgIpc) is 2.74. The van der Waals surface area contributed by atoms with Crippen molar-refractivity contribution in [3.8, 4) is 0 Å². The molecule has 0 aliphatic heterocycles. The summed E-state index contributed by atoms with van der Waals surface area (Å²) in [6.07, 6.45) is 0. The van der Waals surface area contributed by atoms with Crippen molar-refractivity contribution in [3.05, 3.63) is 112 Å². The summed E-state index contributed by atoms with van der Waals surface area (Å²) in [6.45, 7) is 2.03. The molecule has 1 aromatic heterocycles. The number of benzene rings is 3. The van der Waals surface area contributed by atoms with Crippen LogP contribution in [-0.2, 0) is 6.54 Å². The van der Waals surface area contributed by atoms with E-state index < -0.39 is 5.82 Å². The molecule has 0 bridgehead atoms. The minimum Gasteiger partial charge on any atom is -0.321 e. The molecule has 0 saturated heterocycles. The minimum atomic E-state index is -0.408. The second kappa shape index (κ2) is 7.72. The fourth-order valence-corrected chi connectivity index (χ4v) is 3.35. The standard InChI is InChI=1S/C24H19FN2O2/c1-16-6-5-7-18-14-19(23(28)26-22(16)18)15-27(21-8-3-2-4-9-21)24(29)17-10-12-20(25)13-11-17/h2-14H,15H2,1H3,(H,26,28). The highest BCUT2D eigenvalue weighted by Crippen LogP contribution is 2.21. The van der Waals surface area contributed by atoms with Crippen molar-refractivity contribution in [2.24, 2.45) is 0 Å². The van der Waals surface area contributed by atoms with Gasteiger partial charge in [0.1, 0.15) is 5.82 Å². The number of carbonyl (C=O) groups excluding carboxylic acids is 1. The summed E-state index contributed by atoms with van der Waals surface area (Å²) >= 11 is 0. The van der Waals surface area contributed by atoms with Crippen LogP contribution in [-0.4, -0.2) is 10.9 Å². The van der Waals surface area contributed by atoms with Crippen LogP contribution in [0.3, 0.4) is 0 Å². The van der Waals surface area contributed by atoms with Crippen LogP contribution in [0.4, 0.5) is 10.1 Å². The summed E-state index contributed by atoms with van der Waals surface area (Å²) in [4.78, 5) is 30.3. The van der Waals surface area contributed by atoms with Gasteiger partial charge in [-0.3, -0.25) is 9.59 Å². The third-order valence-electron chi connectivity index (χ3n) is 4.90. The number of halogens is 1. The number of para-hydroxylation sites is 2. The maximum atomic E-state index is 13.3. The lowest BCUT2D eigenvalue weighted by molar-refractivity contribution is 0.0985. The summed E-state index contributed by atoms with van der Waals surface area (Å²) < 4.78 is 13.3. The SMILES string of the molecule is Cc1cccc2cc(CN(C(=O)c3ccc(F)cc3)c3ccccc3)c(=O)[nH]c12. The summed E-state index contributed by atoms with van der Waals surface area (Å²) in [5.41, 5.74) is 3.02. The van der Waals surface area contributed by atoms with Crippen LogP contribution < -0.4 is 10.5 Å². The van der Waals surface area contributed by atoms with Crippen molar-refractivity contribution in [2.45, 2.75) is 13.5 Å². The molecule has 144 valence electrons. The molecular formula is C24H19FN2O2. The number of aromatic nitrogens is 1. The molecule has 4 nitrogen and oxygen atoms in total. The van der Waals surface area contributed by atoms with E-state index in [4.69, 9.17) is 0 Å². The Hall–Kier alpha value is -3.73. The summed E-state index contributed by atoms with van der Waals surface area (Å²) in [5.74, 6) is -0.714. The maximum absolute atomic E-state index is 13.3. The molecule has 1 N–H and O–H groups in total. The number of carbonyl (C=O) groups is 1. The molecule has 0 aliphatic carbocycles. The molecular weight excluding hydrogens is 367 g/mol. The van der Waals surface area contributed by atoms with Gasteiger partial charge in [-0.2, -0.15) is 0 Å². The van der Waals surface area contributed by atoms with E-state index >= 15 is 0 Å². The number of hydrogen-bond acceptors (Lipinski definition) is 2. The van der Waals surface area contributed by atoms with Gasteiger partial charge >= 0.3 is 0 Å². The molecule has 0 aliphatic rings. The number of aromatic amines is 1. The first-order valence-electron chi connectivity index (χ1n) is 9.27. The molecule has 0 saturated carbocycles. The van der Waals surface area contributed by atoms with E-state index in [2.05, 4.69) is 4.98 Å². The monoisotopic (exact) mass is 386 g/mol. The molecule has 0 radical (unpaired) electrons. The van der Waals surface area contributed by atoms with Crippen LogP contribution in [0.2, 0.25) is 0 Å². The van der Waals surface area contributed by atoms with Crippen LogP contribution in [0.1, 0.15) is 21.5 Å². The van der Waals surface area contributed by atoms with Gasteiger partial charge in [-0.15, -0.1) is 0 Å². The molecule has 1 heterocycles. The first kappa shape index (κ1) is 18.6. The third-order valence-corrected chi connectivity index (χ3v) is 4.90. The van der Waals surface area contributed by atoms with Crippen LogP contribution in [0, 0.1) is 12.7 Å². The Bertz CT molecular complexity index is 1230. The van der Waals surface area contributed by atoms with E-state index in [0.717, 1.165) is 16.5 Å².